The van der Waals surface area contributed by atoms with Crippen molar-refractivity contribution in [1.29, 1.82) is 0 Å². The fourth-order valence-corrected chi connectivity index (χ4v) is 1.28. The number of halogens is 1. The molecule has 1 aliphatic heterocycles. The van der Waals surface area contributed by atoms with Crippen molar-refractivity contribution in [1.82, 2.24) is 9.55 Å². The summed E-state index contributed by atoms with van der Waals surface area (Å²) in [6.07, 6.45) is 1.89. The second kappa shape index (κ2) is 1.97. The van der Waals surface area contributed by atoms with E-state index in [9.17, 15) is 0 Å². The maximum absolute atomic E-state index is 5.77. The average molecular weight is 159 g/mol. The molecule has 1 aromatic rings. The minimum Gasteiger partial charge on any atom is -0.366 e. The minimum atomic E-state index is 0.194. The Bertz CT molecular complexity index is 235. The van der Waals surface area contributed by atoms with Gasteiger partial charge in [0.2, 0.25) is 0 Å². The fraction of sp³-hybridized carbons (Fsp3) is 0.500. The molecule has 0 saturated carbocycles. The number of hydrogen-bond acceptors (Lipinski definition) is 2. The molecule has 2 rings (SSSR count). The number of aryl methyl sites for hydroxylation is 1. The molecule has 0 spiro atoms. The van der Waals surface area contributed by atoms with Crippen LogP contribution in [-0.4, -0.2) is 16.2 Å². The van der Waals surface area contributed by atoms with E-state index < -0.39 is 0 Å². The van der Waals surface area contributed by atoms with Crippen LogP contribution in [0.4, 0.5) is 0 Å². The van der Waals surface area contributed by atoms with E-state index >= 15 is 0 Å². The summed E-state index contributed by atoms with van der Waals surface area (Å²) in [6, 6.07) is 0. The Morgan fingerprint density at radius 2 is 2.60 bits per heavy atom. The molecule has 10 heavy (non-hydrogen) atoms. The first-order valence-corrected chi connectivity index (χ1v) is 3.45. The summed E-state index contributed by atoms with van der Waals surface area (Å²) < 4.78 is 6.96. The SMILES string of the molecule is Cn1cnc(Cl)c1[C@H]1CO1. The van der Waals surface area contributed by atoms with E-state index in [2.05, 4.69) is 4.98 Å². The van der Waals surface area contributed by atoms with Crippen LogP contribution in [0.3, 0.4) is 0 Å². The molecule has 0 radical (unpaired) electrons. The summed E-state index contributed by atoms with van der Waals surface area (Å²) in [5.74, 6) is 0. The lowest BCUT2D eigenvalue weighted by Crippen LogP contribution is -1.92. The van der Waals surface area contributed by atoms with Gasteiger partial charge in [-0.05, 0) is 0 Å². The molecular formula is C6H7ClN2O. The van der Waals surface area contributed by atoms with E-state index in [1.54, 1.807) is 6.33 Å². The summed E-state index contributed by atoms with van der Waals surface area (Å²) in [6.45, 7) is 0.777. The third-order valence-electron chi connectivity index (χ3n) is 1.57. The van der Waals surface area contributed by atoms with E-state index in [1.807, 2.05) is 11.6 Å². The Morgan fingerprint density at radius 1 is 1.90 bits per heavy atom. The van der Waals surface area contributed by atoms with E-state index in [0.717, 1.165) is 12.3 Å². The molecule has 3 nitrogen and oxygen atoms in total. The molecule has 0 N–H and O–H groups in total. The minimum absolute atomic E-state index is 0.194. The molecule has 54 valence electrons. The van der Waals surface area contributed by atoms with Gasteiger partial charge in [-0.15, -0.1) is 0 Å². The maximum Gasteiger partial charge on any atom is 0.153 e. The Labute approximate surface area is 63.6 Å². The van der Waals surface area contributed by atoms with Gasteiger partial charge in [-0.1, -0.05) is 11.6 Å². The number of aromatic nitrogens is 2. The van der Waals surface area contributed by atoms with Crippen LogP contribution < -0.4 is 0 Å². The fourth-order valence-electron chi connectivity index (χ4n) is 0.977. The lowest BCUT2D eigenvalue weighted by atomic mass is 10.3. The van der Waals surface area contributed by atoms with Crippen LogP contribution >= 0.6 is 11.6 Å². The molecule has 0 aromatic carbocycles. The van der Waals surface area contributed by atoms with Crippen molar-refractivity contribution in [2.45, 2.75) is 6.10 Å². The molecule has 1 atom stereocenters. The molecule has 2 heterocycles. The van der Waals surface area contributed by atoms with Gasteiger partial charge in [0.25, 0.3) is 0 Å². The van der Waals surface area contributed by atoms with Crippen LogP contribution in [0.15, 0.2) is 6.33 Å². The van der Waals surface area contributed by atoms with Crippen molar-refractivity contribution in [3.8, 4) is 0 Å². The molecule has 0 bridgehead atoms. The standard InChI is InChI=1S/C6H7ClN2O/c1-9-3-8-6(7)5(9)4-2-10-4/h3-4H,2H2,1H3/t4-/m1/s1. The van der Waals surface area contributed by atoms with Crippen LogP contribution in [-0.2, 0) is 11.8 Å². The summed E-state index contributed by atoms with van der Waals surface area (Å²) in [4.78, 5) is 3.93. The van der Waals surface area contributed by atoms with Crippen molar-refractivity contribution in [2.75, 3.05) is 6.61 Å². The smallest absolute Gasteiger partial charge is 0.153 e. The topological polar surface area (TPSA) is 30.4 Å². The van der Waals surface area contributed by atoms with Crippen molar-refractivity contribution in [3.63, 3.8) is 0 Å². The van der Waals surface area contributed by atoms with E-state index in [0.29, 0.717) is 5.15 Å². The predicted molar refractivity (Wildman–Crippen MR) is 36.9 cm³/mol. The van der Waals surface area contributed by atoms with Crippen LogP contribution in [0.2, 0.25) is 5.15 Å². The van der Waals surface area contributed by atoms with Gasteiger partial charge in [0.1, 0.15) is 6.10 Å². The zero-order valence-electron chi connectivity index (χ0n) is 5.54. The van der Waals surface area contributed by atoms with Crippen LogP contribution in [0.1, 0.15) is 11.8 Å². The van der Waals surface area contributed by atoms with Crippen molar-refractivity contribution in [3.05, 3.63) is 17.2 Å². The van der Waals surface area contributed by atoms with Gasteiger partial charge in [0.05, 0.1) is 18.6 Å². The summed E-state index contributed by atoms with van der Waals surface area (Å²) >= 11 is 5.77. The van der Waals surface area contributed by atoms with Gasteiger partial charge in [0.15, 0.2) is 5.15 Å². The Balaban J connectivity index is 2.44. The van der Waals surface area contributed by atoms with E-state index in [4.69, 9.17) is 16.3 Å². The van der Waals surface area contributed by atoms with Gasteiger partial charge >= 0.3 is 0 Å². The highest BCUT2D eigenvalue weighted by Crippen LogP contribution is 2.33. The first kappa shape index (κ1) is 6.19. The Kier molecular flexibility index (Phi) is 1.22. The lowest BCUT2D eigenvalue weighted by molar-refractivity contribution is 0.407. The predicted octanol–water partition coefficient (Wildman–Crippen LogP) is 1.14. The molecular weight excluding hydrogens is 152 g/mol. The Hall–Kier alpha value is -0.540. The van der Waals surface area contributed by atoms with Crippen molar-refractivity contribution in [2.24, 2.45) is 7.05 Å². The summed E-state index contributed by atoms with van der Waals surface area (Å²) in [5, 5.41) is 0.560. The average Bonchev–Trinajstić information content (AvgIpc) is 2.64. The molecule has 4 heteroatoms. The summed E-state index contributed by atoms with van der Waals surface area (Å²) in [5.41, 5.74) is 0.988. The summed E-state index contributed by atoms with van der Waals surface area (Å²) in [7, 11) is 1.91. The molecule has 0 amide bonds. The second-order valence-corrected chi connectivity index (χ2v) is 2.71. The molecule has 1 aliphatic rings. The van der Waals surface area contributed by atoms with Gasteiger partial charge in [-0.3, -0.25) is 0 Å². The number of imidazole rings is 1. The monoisotopic (exact) mass is 158 g/mol. The normalized spacial score (nSPS) is 23.2. The number of nitrogens with zero attached hydrogens (tertiary/aromatic N) is 2. The van der Waals surface area contributed by atoms with Gasteiger partial charge < -0.3 is 9.30 Å². The second-order valence-electron chi connectivity index (χ2n) is 2.35. The van der Waals surface area contributed by atoms with Crippen LogP contribution in [0.5, 0.6) is 0 Å². The third kappa shape index (κ3) is 0.822. The zero-order chi connectivity index (χ0) is 7.14. The number of rotatable bonds is 1. The molecule has 1 aromatic heterocycles. The number of hydrogen-bond donors (Lipinski definition) is 0. The number of ether oxygens (including phenoxy) is 1. The molecule has 1 saturated heterocycles. The van der Waals surface area contributed by atoms with Crippen molar-refractivity contribution >= 4 is 11.6 Å². The van der Waals surface area contributed by atoms with Gasteiger partial charge in [-0.25, -0.2) is 4.98 Å². The first-order chi connectivity index (χ1) is 4.79. The highest BCUT2D eigenvalue weighted by molar-refractivity contribution is 6.30. The highest BCUT2D eigenvalue weighted by atomic mass is 35.5. The molecule has 0 unspecified atom stereocenters. The third-order valence-corrected chi connectivity index (χ3v) is 1.87. The quantitative estimate of drug-likeness (QED) is 0.574. The maximum atomic E-state index is 5.77. The van der Waals surface area contributed by atoms with Crippen LogP contribution in [0, 0.1) is 0 Å². The lowest BCUT2D eigenvalue weighted by Gasteiger charge is -1.95. The Morgan fingerprint density at radius 3 is 3.00 bits per heavy atom. The first-order valence-electron chi connectivity index (χ1n) is 3.07. The van der Waals surface area contributed by atoms with E-state index in [1.165, 1.54) is 0 Å². The van der Waals surface area contributed by atoms with Crippen LogP contribution in [0.25, 0.3) is 0 Å². The van der Waals surface area contributed by atoms with Gasteiger partial charge in [-0.2, -0.15) is 0 Å². The van der Waals surface area contributed by atoms with E-state index in [-0.39, 0.29) is 6.10 Å². The molecule has 1 fully saturated rings. The van der Waals surface area contributed by atoms with Gasteiger partial charge in [0, 0.05) is 7.05 Å². The zero-order valence-corrected chi connectivity index (χ0v) is 6.30. The van der Waals surface area contributed by atoms with Crippen molar-refractivity contribution < 1.29 is 4.74 Å². The highest BCUT2D eigenvalue weighted by Gasteiger charge is 2.30. The molecule has 0 aliphatic carbocycles. The largest absolute Gasteiger partial charge is 0.366 e. The number of epoxide rings is 1.